The van der Waals surface area contributed by atoms with Crippen molar-refractivity contribution in [2.24, 2.45) is 0 Å². The molecule has 0 saturated heterocycles. The van der Waals surface area contributed by atoms with E-state index in [1.807, 2.05) is 0 Å². The SMILES string of the molecule is Cc1nnc(-c2csc(C(=O)c3cn(P(=O)(O)O)c4ccccc34)n2)[nH]1. The highest BCUT2D eigenvalue weighted by Crippen LogP contribution is 2.42. The van der Waals surface area contributed by atoms with Gasteiger partial charge in [-0.2, -0.15) is 0 Å². The van der Waals surface area contributed by atoms with E-state index in [1.54, 1.807) is 36.6 Å². The average Bonchev–Trinajstić information content (AvgIpc) is 3.31. The largest absolute Gasteiger partial charge is 0.434 e. The van der Waals surface area contributed by atoms with Crippen LogP contribution < -0.4 is 0 Å². The number of aromatic amines is 1. The molecule has 11 heteroatoms. The number of aryl methyl sites for hydroxylation is 1. The molecular weight excluding hydrogens is 377 g/mol. The second-order valence-electron chi connectivity index (χ2n) is 5.54. The summed E-state index contributed by atoms with van der Waals surface area (Å²) in [5.74, 6) is 0.668. The van der Waals surface area contributed by atoms with Gasteiger partial charge in [-0.15, -0.1) is 21.5 Å². The molecule has 3 N–H and O–H groups in total. The summed E-state index contributed by atoms with van der Waals surface area (Å²) in [7, 11) is -4.59. The minimum Gasteiger partial charge on any atom is -0.324 e. The van der Waals surface area contributed by atoms with Gasteiger partial charge < -0.3 is 14.8 Å². The van der Waals surface area contributed by atoms with Crippen LogP contribution in [0, 0.1) is 6.92 Å². The molecule has 0 unspecified atom stereocenters. The predicted octanol–water partition coefficient (Wildman–Crippen LogP) is 2.36. The van der Waals surface area contributed by atoms with E-state index in [9.17, 15) is 19.1 Å². The number of carbonyl (C=O) groups excluding carboxylic acids is 1. The number of nitrogens with zero attached hydrogens (tertiary/aromatic N) is 4. The molecule has 0 radical (unpaired) electrons. The molecule has 4 aromatic rings. The molecule has 3 heterocycles. The molecule has 0 aliphatic heterocycles. The summed E-state index contributed by atoms with van der Waals surface area (Å²) >= 11 is 1.13. The maximum atomic E-state index is 12.9. The van der Waals surface area contributed by atoms with Crippen LogP contribution in [0.2, 0.25) is 0 Å². The third kappa shape index (κ3) is 2.78. The number of H-pyrrole nitrogens is 1. The van der Waals surface area contributed by atoms with Crippen molar-refractivity contribution in [1.29, 1.82) is 0 Å². The first kappa shape index (κ1) is 16.8. The molecule has 4 rings (SSSR count). The smallest absolute Gasteiger partial charge is 0.324 e. The van der Waals surface area contributed by atoms with Crippen molar-refractivity contribution in [3.8, 4) is 11.5 Å². The molecule has 0 spiro atoms. The Morgan fingerprint density at radius 2 is 2.04 bits per heavy atom. The van der Waals surface area contributed by atoms with Gasteiger partial charge in [0.15, 0.2) is 10.8 Å². The lowest BCUT2D eigenvalue weighted by Crippen LogP contribution is -2.00. The van der Waals surface area contributed by atoms with Gasteiger partial charge in [-0.3, -0.25) is 9.13 Å². The zero-order chi connectivity index (χ0) is 18.5. The normalized spacial score (nSPS) is 12.0. The Hall–Kier alpha value is -2.65. The zero-order valence-electron chi connectivity index (χ0n) is 13.3. The van der Waals surface area contributed by atoms with Crippen molar-refractivity contribution in [2.75, 3.05) is 0 Å². The Kier molecular flexibility index (Phi) is 3.85. The molecule has 0 aliphatic carbocycles. The van der Waals surface area contributed by atoms with Gasteiger partial charge in [0.25, 0.3) is 0 Å². The molecule has 0 atom stereocenters. The molecule has 0 saturated carbocycles. The Labute approximate surface area is 150 Å². The second kappa shape index (κ2) is 5.96. The van der Waals surface area contributed by atoms with E-state index >= 15 is 0 Å². The summed E-state index contributed by atoms with van der Waals surface area (Å²) in [5.41, 5.74) is 0.947. The summed E-state index contributed by atoms with van der Waals surface area (Å²) in [5, 5.41) is 10.1. The summed E-state index contributed by atoms with van der Waals surface area (Å²) < 4.78 is 12.5. The third-order valence-corrected chi connectivity index (χ3v) is 5.49. The lowest BCUT2D eigenvalue weighted by Gasteiger charge is -2.05. The lowest BCUT2D eigenvalue weighted by molar-refractivity contribution is 0.104. The molecule has 0 fully saturated rings. The van der Waals surface area contributed by atoms with Gasteiger partial charge in [-0.1, -0.05) is 18.2 Å². The van der Waals surface area contributed by atoms with Gasteiger partial charge in [0.05, 0.1) is 11.1 Å². The van der Waals surface area contributed by atoms with E-state index < -0.39 is 13.5 Å². The van der Waals surface area contributed by atoms with Crippen molar-refractivity contribution in [3.05, 3.63) is 52.2 Å². The Morgan fingerprint density at radius 3 is 2.73 bits per heavy atom. The van der Waals surface area contributed by atoms with E-state index in [2.05, 4.69) is 20.2 Å². The van der Waals surface area contributed by atoms with Gasteiger partial charge in [-0.25, -0.2) is 9.55 Å². The number of hydrogen-bond donors (Lipinski definition) is 3. The maximum absolute atomic E-state index is 12.9. The molecule has 0 aliphatic rings. The number of benzene rings is 1. The van der Waals surface area contributed by atoms with Crippen LogP contribution in [0.1, 0.15) is 21.2 Å². The first-order valence-electron chi connectivity index (χ1n) is 7.41. The second-order valence-corrected chi connectivity index (χ2v) is 7.86. The minimum absolute atomic E-state index is 0.179. The van der Waals surface area contributed by atoms with E-state index in [-0.39, 0.29) is 16.1 Å². The average molecular weight is 389 g/mol. The maximum Gasteiger partial charge on any atom is 0.434 e. The van der Waals surface area contributed by atoms with Crippen LogP contribution in [-0.2, 0) is 4.57 Å². The number of nitrogens with one attached hydrogen (secondary N) is 1. The molecule has 9 nitrogen and oxygen atoms in total. The van der Waals surface area contributed by atoms with E-state index in [4.69, 9.17) is 0 Å². The van der Waals surface area contributed by atoms with E-state index in [1.165, 1.54) is 6.20 Å². The van der Waals surface area contributed by atoms with Gasteiger partial charge in [0, 0.05) is 17.0 Å². The summed E-state index contributed by atoms with van der Waals surface area (Å²) in [6.07, 6.45) is 1.17. The summed E-state index contributed by atoms with van der Waals surface area (Å²) in [6.45, 7) is 1.76. The van der Waals surface area contributed by atoms with Gasteiger partial charge in [0.2, 0.25) is 5.78 Å². The predicted molar refractivity (Wildman–Crippen MR) is 95.0 cm³/mol. The van der Waals surface area contributed by atoms with Crippen molar-refractivity contribution in [2.45, 2.75) is 6.92 Å². The molecule has 0 amide bonds. The lowest BCUT2D eigenvalue weighted by atomic mass is 10.1. The van der Waals surface area contributed by atoms with Crippen LogP contribution in [0.5, 0.6) is 0 Å². The fourth-order valence-corrected chi connectivity index (χ4v) is 4.10. The topological polar surface area (TPSA) is 134 Å². The van der Waals surface area contributed by atoms with E-state index in [0.29, 0.717) is 22.7 Å². The number of ketones is 1. The number of rotatable bonds is 4. The van der Waals surface area contributed by atoms with Crippen molar-refractivity contribution in [3.63, 3.8) is 0 Å². The van der Waals surface area contributed by atoms with Crippen molar-refractivity contribution < 1.29 is 19.1 Å². The fraction of sp³-hybridized carbons (Fsp3) is 0.0667. The van der Waals surface area contributed by atoms with Gasteiger partial charge in [-0.05, 0) is 13.0 Å². The summed E-state index contributed by atoms with van der Waals surface area (Å²) in [4.78, 5) is 39.2. The Balaban J connectivity index is 1.80. The van der Waals surface area contributed by atoms with Crippen molar-refractivity contribution >= 4 is 35.8 Å². The van der Waals surface area contributed by atoms with Crippen LogP contribution in [0.3, 0.4) is 0 Å². The van der Waals surface area contributed by atoms with Gasteiger partial charge in [0.1, 0.15) is 11.5 Å². The molecule has 0 bridgehead atoms. The molecule has 1 aromatic carbocycles. The van der Waals surface area contributed by atoms with E-state index in [0.717, 1.165) is 15.7 Å². The molecule has 132 valence electrons. The standard InChI is InChI=1S/C15H12N5O4PS/c1-8-16-14(19-18-8)11-7-26-15(17-11)13(21)10-6-20(25(22,23)24)12-5-3-2-4-9(10)12/h2-7H,1H3,(H,16,18,19)(H2,22,23,24). The monoisotopic (exact) mass is 389 g/mol. The van der Waals surface area contributed by atoms with Crippen LogP contribution >= 0.6 is 19.1 Å². The number of carbonyl (C=O) groups is 1. The first-order chi connectivity index (χ1) is 12.3. The minimum atomic E-state index is -4.59. The number of thiazole rings is 1. The zero-order valence-corrected chi connectivity index (χ0v) is 15.0. The van der Waals surface area contributed by atoms with Crippen LogP contribution in [0.15, 0.2) is 35.8 Å². The molecule has 3 aromatic heterocycles. The molecular formula is C15H12N5O4PS. The fourth-order valence-electron chi connectivity index (χ4n) is 2.62. The Bertz CT molecular complexity index is 1190. The van der Waals surface area contributed by atoms with Gasteiger partial charge >= 0.3 is 7.75 Å². The highest BCUT2D eigenvalue weighted by Gasteiger charge is 2.26. The number of para-hydroxylation sites is 1. The number of fused-ring (bicyclic) bond motifs is 1. The molecule has 26 heavy (non-hydrogen) atoms. The quantitative estimate of drug-likeness (QED) is 0.360. The first-order valence-corrected chi connectivity index (χ1v) is 9.85. The van der Waals surface area contributed by atoms with Crippen LogP contribution in [0.4, 0.5) is 0 Å². The van der Waals surface area contributed by atoms with Crippen LogP contribution in [0.25, 0.3) is 22.4 Å². The van der Waals surface area contributed by atoms with Crippen molar-refractivity contribution in [1.82, 2.24) is 24.5 Å². The highest BCUT2D eigenvalue weighted by atomic mass is 32.1. The number of hydrogen-bond acceptors (Lipinski definition) is 6. The summed E-state index contributed by atoms with van der Waals surface area (Å²) in [6, 6.07) is 6.54. The number of aromatic nitrogens is 5. The highest BCUT2D eigenvalue weighted by molar-refractivity contribution is 7.50. The van der Waals surface area contributed by atoms with Crippen LogP contribution in [-0.4, -0.2) is 40.1 Å². The Morgan fingerprint density at radius 1 is 1.27 bits per heavy atom. The third-order valence-electron chi connectivity index (χ3n) is 3.76.